The zero-order valence-corrected chi connectivity index (χ0v) is 17.8. The van der Waals surface area contributed by atoms with Gasteiger partial charge in [0.1, 0.15) is 9.96 Å². The van der Waals surface area contributed by atoms with Crippen LogP contribution in [-0.2, 0) is 17.1 Å². The van der Waals surface area contributed by atoms with Crippen molar-refractivity contribution in [2.45, 2.75) is 18.1 Å². The van der Waals surface area contributed by atoms with Crippen molar-refractivity contribution in [3.05, 3.63) is 64.8 Å². The average molecular weight is 419 g/mol. The van der Waals surface area contributed by atoms with Gasteiger partial charge in [0.25, 0.3) is 10.0 Å². The summed E-state index contributed by atoms with van der Waals surface area (Å²) in [7, 11) is -0.445. The molecule has 0 bridgehead atoms. The number of carbonyl (C=O) groups is 1. The quantitative estimate of drug-likeness (QED) is 0.548. The van der Waals surface area contributed by atoms with Crippen molar-refractivity contribution < 1.29 is 17.9 Å². The van der Waals surface area contributed by atoms with Crippen LogP contribution in [0.2, 0.25) is 0 Å². The van der Waals surface area contributed by atoms with Gasteiger partial charge in [-0.25, -0.2) is 8.42 Å². The number of benzene rings is 1. The summed E-state index contributed by atoms with van der Waals surface area (Å²) in [5, 5.41) is 1.70. The molecule has 28 heavy (non-hydrogen) atoms. The summed E-state index contributed by atoms with van der Waals surface area (Å²) in [6.07, 6.45) is 0. The van der Waals surface area contributed by atoms with E-state index in [1.165, 1.54) is 0 Å². The third kappa shape index (κ3) is 3.70. The summed E-state index contributed by atoms with van der Waals surface area (Å²) < 4.78 is 34.9. The summed E-state index contributed by atoms with van der Waals surface area (Å²) in [6, 6.07) is 11.6. The first-order valence-corrected chi connectivity index (χ1v) is 10.9. The van der Waals surface area contributed by atoms with Gasteiger partial charge in [0.15, 0.2) is 5.78 Å². The van der Waals surface area contributed by atoms with Crippen LogP contribution >= 0.6 is 11.3 Å². The number of aryl methyl sites for hydroxylation is 1. The number of hydrogen-bond acceptors (Lipinski definition) is 5. The minimum absolute atomic E-state index is 0.192. The largest absolute Gasteiger partial charge is 0.497 e. The SMILES string of the molecule is COc1ccc(N(CC(=O)c2cc(C)n(C)c2C)S(=O)(=O)c2cccs2)cc1. The van der Waals surface area contributed by atoms with E-state index < -0.39 is 10.0 Å². The van der Waals surface area contributed by atoms with Gasteiger partial charge in [-0.3, -0.25) is 9.10 Å². The number of ketones is 1. The van der Waals surface area contributed by atoms with Gasteiger partial charge in [-0.1, -0.05) is 6.07 Å². The van der Waals surface area contributed by atoms with E-state index in [1.54, 1.807) is 55.0 Å². The second-order valence-corrected chi connectivity index (χ2v) is 9.45. The molecular weight excluding hydrogens is 396 g/mol. The van der Waals surface area contributed by atoms with Crippen molar-refractivity contribution in [3.63, 3.8) is 0 Å². The summed E-state index contributed by atoms with van der Waals surface area (Å²) in [6.45, 7) is 3.48. The second-order valence-electron chi connectivity index (χ2n) is 6.41. The molecule has 0 fully saturated rings. The lowest BCUT2D eigenvalue weighted by atomic mass is 10.1. The molecule has 2 heterocycles. The van der Waals surface area contributed by atoms with Crippen LogP contribution in [0, 0.1) is 13.8 Å². The number of methoxy groups -OCH3 is 1. The minimum atomic E-state index is -3.87. The summed E-state index contributed by atoms with van der Waals surface area (Å²) in [5.74, 6) is 0.357. The Morgan fingerprint density at radius 2 is 1.86 bits per heavy atom. The first-order chi connectivity index (χ1) is 13.3. The monoisotopic (exact) mass is 418 g/mol. The highest BCUT2D eigenvalue weighted by Crippen LogP contribution is 2.28. The van der Waals surface area contributed by atoms with E-state index in [1.807, 2.05) is 25.5 Å². The summed E-state index contributed by atoms with van der Waals surface area (Å²) in [4.78, 5) is 13.0. The maximum Gasteiger partial charge on any atom is 0.274 e. The zero-order chi connectivity index (χ0) is 20.5. The molecule has 0 amide bonds. The van der Waals surface area contributed by atoms with Gasteiger partial charge in [0, 0.05) is 24.0 Å². The van der Waals surface area contributed by atoms with Crippen molar-refractivity contribution >= 4 is 32.8 Å². The Balaban J connectivity index is 2.03. The van der Waals surface area contributed by atoms with E-state index in [2.05, 4.69) is 0 Å². The highest BCUT2D eigenvalue weighted by atomic mass is 32.2. The molecule has 0 aliphatic rings. The molecule has 3 rings (SSSR count). The van der Waals surface area contributed by atoms with Crippen LogP contribution in [0.5, 0.6) is 5.75 Å². The summed E-state index contributed by atoms with van der Waals surface area (Å²) in [5.41, 5.74) is 2.69. The molecule has 3 aromatic rings. The van der Waals surface area contributed by atoms with Crippen LogP contribution in [-0.4, -0.2) is 32.4 Å². The first-order valence-electron chi connectivity index (χ1n) is 8.62. The highest BCUT2D eigenvalue weighted by Gasteiger charge is 2.29. The number of nitrogens with zero attached hydrogens (tertiary/aromatic N) is 2. The van der Waals surface area contributed by atoms with Crippen LogP contribution in [0.25, 0.3) is 0 Å². The fraction of sp³-hybridized carbons (Fsp3) is 0.250. The molecule has 1 aromatic carbocycles. The van der Waals surface area contributed by atoms with Gasteiger partial charge in [-0.2, -0.15) is 0 Å². The molecule has 148 valence electrons. The fourth-order valence-corrected chi connectivity index (χ4v) is 5.46. The lowest BCUT2D eigenvalue weighted by Gasteiger charge is -2.23. The van der Waals surface area contributed by atoms with Crippen molar-refractivity contribution in [1.29, 1.82) is 0 Å². The van der Waals surface area contributed by atoms with E-state index >= 15 is 0 Å². The number of ether oxygens (including phenoxy) is 1. The Kier molecular flexibility index (Phi) is 5.62. The summed E-state index contributed by atoms with van der Waals surface area (Å²) >= 11 is 1.12. The molecule has 2 aromatic heterocycles. The van der Waals surface area contributed by atoms with Crippen LogP contribution in [0.3, 0.4) is 0 Å². The Bertz CT molecular complexity index is 1080. The van der Waals surface area contributed by atoms with Crippen molar-refractivity contribution in [1.82, 2.24) is 4.57 Å². The van der Waals surface area contributed by atoms with Crippen molar-refractivity contribution in [2.24, 2.45) is 7.05 Å². The number of hydrogen-bond donors (Lipinski definition) is 0. The normalized spacial score (nSPS) is 11.4. The van der Waals surface area contributed by atoms with E-state index in [4.69, 9.17) is 4.74 Å². The number of sulfonamides is 1. The maximum absolute atomic E-state index is 13.2. The molecule has 0 spiro atoms. The van der Waals surface area contributed by atoms with Crippen LogP contribution in [0.4, 0.5) is 5.69 Å². The van der Waals surface area contributed by atoms with Crippen molar-refractivity contribution in [3.8, 4) is 5.75 Å². The number of aromatic nitrogens is 1. The topological polar surface area (TPSA) is 68.6 Å². The smallest absolute Gasteiger partial charge is 0.274 e. The highest BCUT2D eigenvalue weighted by molar-refractivity contribution is 7.94. The van der Waals surface area contributed by atoms with E-state index in [0.29, 0.717) is 17.0 Å². The minimum Gasteiger partial charge on any atom is -0.497 e. The Morgan fingerprint density at radius 1 is 1.18 bits per heavy atom. The molecule has 0 unspecified atom stereocenters. The van der Waals surface area contributed by atoms with E-state index in [9.17, 15) is 13.2 Å². The molecule has 6 nitrogen and oxygen atoms in total. The van der Waals surface area contributed by atoms with Crippen molar-refractivity contribution in [2.75, 3.05) is 18.0 Å². The first kappa shape index (κ1) is 20.2. The van der Waals surface area contributed by atoms with Crippen LogP contribution in [0.1, 0.15) is 21.7 Å². The molecule has 0 N–H and O–H groups in total. The molecule has 0 aliphatic carbocycles. The van der Waals surface area contributed by atoms with Gasteiger partial charge in [-0.15, -0.1) is 11.3 Å². The van der Waals surface area contributed by atoms with Crippen LogP contribution in [0.15, 0.2) is 52.1 Å². The fourth-order valence-electron chi connectivity index (χ4n) is 2.94. The predicted molar refractivity (Wildman–Crippen MR) is 111 cm³/mol. The lowest BCUT2D eigenvalue weighted by molar-refractivity contribution is 0.100. The Labute approximate surface area is 169 Å². The number of carbonyl (C=O) groups excluding carboxylic acids is 1. The van der Waals surface area contributed by atoms with Gasteiger partial charge < -0.3 is 9.30 Å². The molecule has 0 saturated heterocycles. The van der Waals surface area contributed by atoms with Gasteiger partial charge >= 0.3 is 0 Å². The lowest BCUT2D eigenvalue weighted by Crippen LogP contribution is -2.35. The van der Waals surface area contributed by atoms with Gasteiger partial charge in [0.2, 0.25) is 0 Å². The van der Waals surface area contributed by atoms with Gasteiger partial charge in [-0.05, 0) is 55.6 Å². The number of anilines is 1. The Hall–Kier alpha value is -2.58. The molecule has 8 heteroatoms. The number of rotatable bonds is 7. The number of thiophene rings is 1. The third-order valence-corrected chi connectivity index (χ3v) is 7.91. The third-order valence-electron chi connectivity index (χ3n) is 4.76. The van der Waals surface area contributed by atoms with E-state index in [-0.39, 0.29) is 16.5 Å². The van der Waals surface area contributed by atoms with Crippen LogP contribution < -0.4 is 9.04 Å². The average Bonchev–Trinajstić information content (AvgIpc) is 3.31. The predicted octanol–water partition coefficient (Wildman–Crippen LogP) is 3.79. The molecule has 0 radical (unpaired) electrons. The van der Waals surface area contributed by atoms with E-state index in [0.717, 1.165) is 27.0 Å². The Morgan fingerprint density at radius 3 is 2.36 bits per heavy atom. The van der Waals surface area contributed by atoms with Gasteiger partial charge in [0.05, 0.1) is 19.3 Å². The molecule has 0 saturated carbocycles. The zero-order valence-electron chi connectivity index (χ0n) is 16.2. The molecular formula is C20H22N2O4S2. The molecule has 0 atom stereocenters. The second kappa shape index (κ2) is 7.81. The number of Topliss-reactive ketones (excluding diaryl/α,β-unsaturated/α-hetero) is 1. The molecule has 0 aliphatic heterocycles. The standard InChI is InChI=1S/C20H22N2O4S2/c1-14-12-18(15(2)21(14)3)19(23)13-22(16-7-9-17(26-4)10-8-16)28(24,25)20-6-5-11-27-20/h5-12H,13H2,1-4H3. The maximum atomic E-state index is 13.2.